The summed E-state index contributed by atoms with van der Waals surface area (Å²) < 4.78 is 0. The Morgan fingerprint density at radius 2 is 1.92 bits per heavy atom. The molecule has 0 spiro atoms. The third kappa shape index (κ3) is 5.06. The van der Waals surface area contributed by atoms with Crippen molar-refractivity contribution in [1.82, 2.24) is 15.6 Å². The van der Waals surface area contributed by atoms with Gasteiger partial charge >= 0.3 is 6.03 Å². The summed E-state index contributed by atoms with van der Waals surface area (Å²) in [5, 5.41) is 10.5. The minimum Gasteiger partial charge on any atom is -0.359 e. The third-order valence-corrected chi connectivity index (χ3v) is 4.34. The van der Waals surface area contributed by atoms with Crippen LogP contribution >= 0.6 is 11.3 Å². The van der Waals surface area contributed by atoms with Gasteiger partial charge in [-0.25, -0.2) is 9.78 Å². The lowest BCUT2D eigenvalue weighted by Gasteiger charge is -2.22. The predicted octanol–water partition coefficient (Wildman–Crippen LogP) is 2.63. The average molecular weight is 346 g/mol. The summed E-state index contributed by atoms with van der Waals surface area (Å²) in [6.45, 7) is 3.78. The van der Waals surface area contributed by atoms with E-state index in [0.29, 0.717) is 5.13 Å². The number of aromatic nitrogens is 1. The fourth-order valence-electron chi connectivity index (χ4n) is 2.11. The summed E-state index contributed by atoms with van der Waals surface area (Å²) in [5.41, 5.74) is 1.41. The Morgan fingerprint density at radius 1 is 1.21 bits per heavy atom. The number of carbonyl (C=O) groups excluding carboxylic acids is 2. The highest BCUT2D eigenvalue weighted by Crippen LogP contribution is 2.18. The molecule has 3 N–H and O–H groups in total. The molecule has 0 atom stereocenters. The first-order valence-corrected chi connectivity index (χ1v) is 8.54. The van der Waals surface area contributed by atoms with Crippen LogP contribution in [0.25, 0.3) is 0 Å². The topological polar surface area (TPSA) is 83.1 Å². The lowest BCUT2D eigenvalue weighted by molar-refractivity contribution is -0.128. The van der Waals surface area contributed by atoms with E-state index in [1.165, 1.54) is 16.9 Å². The Hall–Kier alpha value is -2.41. The molecule has 24 heavy (non-hydrogen) atoms. The standard InChI is InChI=1S/C17H22N4O2S/c1-17(2,14(22)18-3)11-19-15(23)21-16-20-13(10-24-16)9-12-7-5-4-6-8-12/h4-8,10H,9,11H2,1-3H3,(H,18,22)(H2,19,20,21,23). The van der Waals surface area contributed by atoms with E-state index < -0.39 is 5.41 Å². The van der Waals surface area contributed by atoms with Gasteiger partial charge in [0.2, 0.25) is 5.91 Å². The van der Waals surface area contributed by atoms with Gasteiger partial charge < -0.3 is 10.6 Å². The number of nitrogens with one attached hydrogen (secondary N) is 3. The molecule has 0 saturated heterocycles. The normalized spacial score (nSPS) is 11.0. The molecule has 0 unspecified atom stereocenters. The molecule has 7 heteroatoms. The van der Waals surface area contributed by atoms with E-state index in [1.54, 1.807) is 20.9 Å². The zero-order valence-electron chi connectivity index (χ0n) is 14.1. The van der Waals surface area contributed by atoms with E-state index in [1.807, 2.05) is 35.7 Å². The number of amides is 3. The van der Waals surface area contributed by atoms with Gasteiger partial charge in [0.25, 0.3) is 0 Å². The van der Waals surface area contributed by atoms with Gasteiger partial charge in [-0.1, -0.05) is 30.3 Å². The van der Waals surface area contributed by atoms with Crippen molar-refractivity contribution in [3.63, 3.8) is 0 Å². The third-order valence-electron chi connectivity index (χ3n) is 3.53. The first-order chi connectivity index (χ1) is 11.4. The van der Waals surface area contributed by atoms with E-state index in [2.05, 4.69) is 20.9 Å². The van der Waals surface area contributed by atoms with Crippen LogP contribution in [0, 0.1) is 5.41 Å². The van der Waals surface area contributed by atoms with Crippen molar-refractivity contribution in [2.24, 2.45) is 5.41 Å². The van der Waals surface area contributed by atoms with Crippen LogP contribution in [0.5, 0.6) is 0 Å². The first-order valence-electron chi connectivity index (χ1n) is 7.66. The van der Waals surface area contributed by atoms with Gasteiger partial charge in [-0.05, 0) is 19.4 Å². The van der Waals surface area contributed by atoms with Crippen LogP contribution in [0.15, 0.2) is 35.7 Å². The van der Waals surface area contributed by atoms with Crippen LogP contribution in [-0.2, 0) is 11.2 Å². The Labute approximate surface area is 145 Å². The second-order valence-electron chi connectivity index (χ2n) is 6.08. The summed E-state index contributed by atoms with van der Waals surface area (Å²) in [7, 11) is 1.58. The van der Waals surface area contributed by atoms with Gasteiger partial charge in [-0.15, -0.1) is 11.3 Å². The largest absolute Gasteiger partial charge is 0.359 e. The van der Waals surface area contributed by atoms with E-state index in [9.17, 15) is 9.59 Å². The zero-order chi connectivity index (χ0) is 17.6. The molecule has 0 aliphatic carbocycles. The van der Waals surface area contributed by atoms with Gasteiger partial charge in [-0.2, -0.15) is 0 Å². The number of hydrogen-bond donors (Lipinski definition) is 3. The average Bonchev–Trinajstić information content (AvgIpc) is 3.00. The van der Waals surface area contributed by atoms with E-state index in [-0.39, 0.29) is 18.5 Å². The molecule has 128 valence electrons. The molecule has 6 nitrogen and oxygen atoms in total. The zero-order valence-corrected chi connectivity index (χ0v) is 14.9. The van der Waals surface area contributed by atoms with Crippen molar-refractivity contribution < 1.29 is 9.59 Å². The molecule has 1 heterocycles. The Bertz CT molecular complexity index is 698. The fraction of sp³-hybridized carbons (Fsp3) is 0.353. The second-order valence-corrected chi connectivity index (χ2v) is 6.94. The number of thiazole rings is 1. The van der Waals surface area contributed by atoms with Crippen LogP contribution in [0.1, 0.15) is 25.1 Å². The number of anilines is 1. The number of carbonyl (C=O) groups is 2. The van der Waals surface area contributed by atoms with Gasteiger partial charge in [0, 0.05) is 25.4 Å². The molecular formula is C17H22N4O2S. The molecule has 0 fully saturated rings. The molecule has 0 aliphatic heterocycles. The van der Waals surface area contributed by atoms with Crippen LogP contribution in [0.3, 0.4) is 0 Å². The quantitative estimate of drug-likeness (QED) is 0.752. The highest BCUT2D eigenvalue weighted by molar-refractivity contribution is 7.13. The SMILES string of the molecule is CNC(=O)C(C)(C)CNC(=O)Nc1nc(Cc2ccccc2)cs1. The maximum atomic E-state index is 12.0. The van der Waals surface area contributed by atoms with Crippen LogP contribution < -0.4 is 16.0 Å². The molecular weight excluding hydrogens is 324 g/mol. The predicted molar refractivity (Wildman–Crippen MR) is 96.2 cm³/mol. The van der Waals surface area contributed by atoms with Crippen molar-refractivity contribution >= 4 is 28.4 Å². The Kier molecular flexibility index (Phi) is 5.92. The summed E-state index contributed by atoms with van der Waals surface area (Å²) in [6, 6.07) is 9.67. The maximum Gasteiger partial charge on any atom is 0.321 e. The summed E-state index contributed by atoms with van der Waals surface area (Å²) in [4.78, 5) is 28.0. The summed E-state index contributed by atoms with van der Waals surface area (Å²) >= 11 is 1.38. The molecule has 0 aliphatic rings. The van der Waals surface area contributed by atoms with Crippen molar-refractivity contribution in [1.29, 1.82) is 0 Å². The van der Waals surface area contributed by atoms with E-state index in [0.717, 1.165) is 12.1 Å². The molecule has 0 saturated carbocycles. The molecule has 2 aromatic rings. The van der Waals surface area contributed by atoms with Gasteiger partial charge in [0.15, 0.2) is 5.13 Å². The number of hydrogen-bond acceptors (Lipinski definition) is 4. The smallest absolute Gasteiger partial charge is 0.321 e. The molecule has 0 radical (unpaired) electrons. The van der Waals surface area contributed by atoms with Gasteiger partial charge in [0.05, 0.1) is 11.1 Å². The fourth-order valence-corrected chi connectivity index (χ4v) is 2.82. The highest BCUT2D eigenvalue weighted by atomic mass is 32.1. The van der Waals surface area contributed by atoms with Crippen LogP contribution in [0.2, 0.25) is 0 Å². The van der Waals surface area contributed by atoms with E-state index >= 15 is 0 Å². The molecule has 0 bridgehead atoms. The van der Waals surface area contributed by atoms with Crippen LogP contribution in [-0.4, -0.2) is 30.5 Å². The van der Waals surface area contributed by atoms with Crippen molar-refractivity contribution in [3.05, 3.63) is 47.0 Å². The minimum absolute atomic E-state index is 0.123. The lowest BCUT2D eigenvalue weighted by atomic mass is 9.92. The monoisotopic (exact) mass is 346 g/mol. The lowest BCUT2D eigenvalue weighted by Crippen LogP contribution is -2.44. The number of nitrogens with zero attached hydrogens (tertiary/aromatic N) is 1. The molecule has 2 rings (SSSR count). The van der Waals surface area contributed by atoms with Gasteiger partial charge in [-0.3, -0.25) is 10.1 Å². The van der Waals surface area contributed by atoms with Gasteiger partial charge in [0.1, 0.15) is 0 Å². The Morgan fingerprint density at radius 3 is 2.58 bits per heavy atom. The molecule has 1 aromatic heterocycles. The molecule has 1 aromatic carbocycles. The Balaban J connectivity index is 1.86. The first kappa shape index (κ1) is 17.9. The van der Waals surface area contributed by atoms with E-state index in [4.69, 9.17) is 0 Å². The molecule has 3 amide bonds. The minimum atomic E-state index is -0.673. The summed E-state index contributed by atoms with van der Waals surface area (Å²) in [5.74, 6) is -0.123. The maximum absolute atomic E-state index is 12.0. The van der Waals surface area contributed by atoms with Crippen molar-refractivity contribution in [2.45, 2.75) is 20.3 Å². The summed E-state index contributed by atoms with van der Waals surface area (Å²) in [6.07, 6.45) is 0.727. The number of rotatable bonds is 6. The van der Waals surface area contributed by atoms with Crippen LogP contribution in [0.4, 0.5) is 9.93 Å². The number of urea groups is 1. The van der Waals surface area contributed by atoms with Crippen molar-refractivity contribution in [3.8, 4) is 0 Å². The highest BCUT2D eigenvalue weighted by Gasteiger charge is 2.27. The second kappa shape index (κ2) is 7.92. The number of benzene rings is 1. The van der Waals surface area contributed by atoms with Crippen molar-refractivity contribution in [2.75, 3.05) is 18.9 Å².